The smallest absolute Gasteiger partial charge is 0.249 e. The average molecular weight is 326 g/mol. The summed E-state index contributed by atoms with van der Waals surface area (Å²) in [6.45, 7) is 2.44. The average Bonchev–Trinajstić information content (AvgIpc) is 2.37. The summed E-state index contributed by atoms with van der Waals surface area (Å²) in [6, 6.07) is 5.33. The van der Waals surface area contributed by atoms with Crippen LogP contribution in [0.3, 0.4) is 0 Å². The molecule has 1 unspecified atom stereocenters. The summed E-state index contributed by atoms with van der Waals surface area (Å²) in [5.41, 5.74) is 7.52. The highest BCUT2D eigenvalue weighted by Gasteiger charge is 2.33. The minimum absolute atomic E-state index is 0.174. The van der Waals surface area contributed by atoms with Crippen LogP contribution in [0, 0.1) is 0 Å². The molecule has 102 valence electrons. The minimum atomic E-state index is -0.336. The number of nitrogens with two attached hydrogens (primary N) is 1. The number of carbonyl (C=O) groups is 2. The van der Waals surface area contributed by atoms with Gasteiger partial charge in [0.15, 0.2) is 0 Å². The monoisotopic (exact) mass is 325 g/mol. The van der Waals surface area contributed by atoms with Gasteiger partial charge in [0.25, 0.3) is 0 Å². The molecule has 0 spiro atoms. The Morgan fingerprint density at radius 3 is 2.84 bits per heavy atom. The maximum absolute atomic E-state index is 11.9. The largest absolute Gasteiger partial charge is 0.350 e. The molecule has 1 saturated heterocycles. The van der Waals surface area contributed by atoms with Crippen LogP contribution in [-0.2, 0) is 16.1 Å². The molecular weight excluding hydrogens is 310 g/mol. The summed E-state index contributed by atoms with van der Waals surface area (Å²) in [5.74, 6) is -0.528. The molecule has 0 bridgehead atoms. The molecular formula is C13H16BrN3O2. The lowest BCUT2D eigenvalue weighted by molar-refractivity contribution is -0.132. The number of imide groups is 1. The Morgan fingerprint density at radius 1 is 1.47 bits per heavy atom. The number of anilines is 1. The van der Waals surface area contributed by atoms with Crippen LogP contribution in [0.1, 0.15) is 18.9 Å². The van der Waals surface area contributed by atoms with E-state index in [2.05, 4.69) is 21.2 Å². The first-order valence-corrected chi connectivity index (χ1v) is 6.95. The molecule has 19 heavy (non-hydrogen) atoms. The standard InChI is InChI=1S/C13H16BrN3O2/c1-2-10-13(19)16-12(18)7-17(10)11-5-3-4-9(14)8(11)6-15/h3-5,10H,2,6-7,15H2,1H3,(H,16,18,19). The van der Waals surface area contributed by atoms with E-state index in [1.807, 2.05) is 30.0 Å². The second-order valence-corrected chi connectivity index (χ2v) is 5.26. The van der Waals surface area contributed by atoms with Gasteiger partial charge in [-0.05, 0) is 18.6 Å². The summed E-state index contributed by atoms with van der Waals surface area (Å²) >= 11 is 3.45. The van der Waals surface area contributed by atoms with E-state index >= 15 is 0 Å². The molecule has 2 rings (SSSR count). The number of halogens is 1. The highest BCUT2D eigenvalue weighted by molar-refractivity contribution is 9.10. The molecule has 1 aromatic rings. The number of hydrogen-bond acceptors (Lipinski definition) is 4. The second kappa shape index (κ2) is 5.71. The van der Waals surface area contributed by atoms with Crippen LogP contribution in [0.4, 0.5) is 5.69 Å². The SMILES string of the molecule is CCC1C(=O)NC(=O)CN1c1cccc(Br)c1CN. The number of nitrogens with zero attached hydrogens (tertiary/aromatic N) is 1. The van der Waals surface area contributed by atoms with Gasteiger partial charge in [0, 0.05) is 22.3 Å². The first kappa shape index (κ1) is 14.0. The lowest BCUT2D eigenvalue weighted by Crippen LogP contribution is -2.58. The fraction of sp³-hybridized carbons (Fsp3) is 0.385. The highest BCUT2D eigenvalue weighted by atomic mass is 79.9. The molecule has 2 amide bonds. The van der Waals surface area contributed by atoms with Crippen molar-refractivity contribution in [1.29, 1.82) is 0 Å². The molecule has 5 nitrogen and oxygen atoms in total. The van der Waals surface area contributed by atoms with Gasteiger partial charge in [-0.2, -0.15) is 0 Å². The van der Waals surface area contributed by atoms with Crippen LogP contribution in [-0.4, -0.2) is 24.4 Å². The third kappa shape index (κ3) is 2.64. The van der Waals surface area contributed by atoms with Crippen LogP contribution < -0.4 is 16.0 Å². The van der Waals surface area contributed by atoms with Gasteiger partial charge >= 0.3 is 0 Å². The number of hydrogen-bond donors (Lipinski definition) is 2. The summed E-state index contributed by atoms with van der Waals surface area (Å²) in [4.78, 5) is 25.3. The first-order valence-electron chi connectivity index (χ1n) is 6.16. The summed E-state index contributed by atoms with van der Waals surface area (Å²) in [7, 11) is 0. The van der Waals surface area contributed by atoms with E-state index in [9.17, 15) is 9.59 Å². The van der Waals surface area contributed by atoms with Crippen LogP contribution in [0.25, 0.3) is 0 Å². The van der Waals surface area contributed by atoms with Crippen LogP contribution in [0.5, 0.6) is 0 Å². The summed E-state index contributed by atoms with van der Waals surface area (Å²) in [5, 5.41) is 2.37. The summed E-state index contributed by atoms with van der Waals surface area (Å²) < 4.78 is 0.890. The normalized spacial score (nSPS) is 19.5. The maximum Gasteiger partial charge on any atom is 0.249 e. The van der Waals surface area contributed by atoms with Crippen LogP contribution in [0.15, 0.2) is 22.7 Å². The molecule has 1 fully saturated rings. The molecule has 0 aliphatic carbocycles. The van der Waals surface area contributed by atoms with E-state index in [-0.39, 0.29) is 24.4 Å². The van der Waals surface area contributed by atoms with E-state index in [0.717, 1.165) is 15.7 Å². The summed E-state index contributed by atoms with van der Waals surface area (Å²) in [6.07, 6.45) is 0.635. The Morgan fingerprint density at radius 2 is 2.21 bits per heavy atom. The Labute approximate surface area is 120 Å². The fourth-order valence-electron chi connectivity index (χ4n) is 2.34. The number of carbonyl (C=O) groups excluding carboxylic acids is 2. The van der Waals surface area contributed by atoms with Gasteiger partial charge in [-0.1, -0.05) is 28.9 Å². The molecule has 0 aromatic heterocycles. The number of piperazine rings is 1. The third-order valence-corrected chi connectivity index (χ3v) is 3.99. The first-order chi connectivity index (χ1) is 9.08. The zero-order chi connectivity index (χ0) is 14.0. The van der Waals surface area contributed by atoms with E-state index in [1.54, 1.807) is 0 Å². The van der Waals surface area contributed by atoms with Gasteiger partial charge in [0.05, 0.1) is 6.54 Å². The van der Waals surface area contributed by atoms with Crippen molar-refractivity contribution < 1.29 is 9.59 Å². The van der Waals surface area contributed by atoms with E-state index in [0.29, 0.717) is 13.0 Å². The number of rotatable bonds is 3. The molecule has 0 saturated carbocycles. The molecule has 1 heterocycles. The van der Waals surface area contributed by atoms with Crippen molar-refractivity contribution in [1.82, 2.24) is 5.32 Å². The lowest BCUT2D eigenvalue weighted by Gasteiger charge is -2.36. The fourth-order valence-corrected chi connectivity index (χ4v) is 2.86. The Hall–Kier alpha value is -1.40. The van der Waals surface area contributed by atoms with Crippen molar-refractivity contribution in [3.05, 3.63) is 28.2 Å². The molecule has 1 atom stereocenters. The topological polar surface area (TPSA) is 75.4 Å². The van der Waals surface area contributed by atoms with Crippen LogP contribution >= 0.6 is 15.9 Å². The molecule has 1 aliphatic rings. The lowest BCUT2D eigenvalue weighted by atomic mass is 10.1. The second-order valence-electron chi connectivity index (χ2n) is 4.41. The van der Waals surface area contributed by atoms with Crippen molar-refractivity contribution in [2.45, 2.75) is 25.9 Å². The molecule has 3 N–H and O–H groups in total. The third-order valence-electron chi connectivity index (χ3n) is 3.25. The van der Waals surface area contributed by atoms with Gasteiger partial charge in [-0.3, -0.25) is 14.9 Å². The van der Waals surface area contributed by atoms with E-state index in [1.165, 1.54) is 0 Å². The molecule has 6 heteroatoms. The molecule has 1 aliphatic heterocycles. The Kier molecular flexibility index (Phi) is 4.21. The van der Waals surface area contributed by atoms with Crippen LogP contribution in [0.2, 0.25) is 0 Å². The highest BCUT2D eigenvalue weighted by Crippen LogP contribution is 2.30. The Bertz CT molecular complexity index is 519. The van der Waals surface area contributed by atoms with Crippen molar-refractivity contribution in [3.8, 4) is 0 Å². The van der Waals surface area contributed by atoms with E-state index in [4.69, 9.17) is 5.73 Å². The van der Waals surface area contributed by atoms with Gasteiger partial charge in [-0.25, -0.2) is 0 Å². The van der Waals surface area contributed by atoms with Crippen molar-refractivity contribution >= 4 is 33.4 Å². The predicted molar refractivity (Wildman–Crippen MR) is 76.6 cm³/mol. The predicted octanol–water partition coefficient (Wildman–Crippen LogP) is 1.15. The van der Waals surface area contributed by atoms with Crippen molar-refractivity contribution in [2.24, 2.45) is 5.73 Å². The molecule has 0 radical (unpaired) electrons. The number of nitrogens with one attached hydrogen (secondary N) is 1. The Balaban J connectivity index is 2.46. The zero-order valence-electron chi connectivity index (χ0n) is 10.6. The molecule has 1 aromatic carbocycles. The van der Waals surface area contributed by atoms with Crippen molar-refractivity contribution in [2.75, 3.05) is 11.4 Å². The van der Waals surface area contributed by atoms with Gasteiger partial charge in [0.1, 0.15) is 6.04 Å². The number of benzene rings is 1. The number of amides is 2. The quantitative estimate of drug-likeness (QED) is 0.817. The van der Waals surface area contributed by atoms with Gasteiger partial charge in [0.2, 0.25) is 11.8 Å². The van der Waals surface area contributed by atoms with Crippen molar-refractivity contribution in [3.63, 3.8) is 0 Å². The minimum Gasteiger partial charge on any atom is -0.350 e. The van der Waals surface area contributed by atoms with Gasteiger partial charge in [-0.15, -0.1) is 0 Å². The zero-order valence-corrected chi connectivity index (χ0v) is 12.2. The maximum atomic E-state index is 11.9. The van der Waals surface area contributed by atoms with Gasteiger partial charge < -0.3 is 10.6 Å². The van der Waals surface area contributed by atoms with E-state index < -0.39 is 0 Å².